The first kappa shape index (κ1) is 14.2. The lowest BCUT2D eigenvalue weighted by atomic mass is 10.4. The summed E-state index contributed by atoms with van der Waals surface area (Å²) in [4.78, 5) is 10.2. The Balaban J connectivity index is 3.61. The monoisotopic (exact) mass is 248 g/mol. The van der Waals surface area contributed by atoms with Gasteiger partial charge in [0.2, 0.25) is 10.0 Å². The van der Waals surface area contributed by atoms with E-state index in [4.69, 9.17) is 0 Å². The molecule has 5 nitrogen and oxygen atoms in total. The van der Waals surface area contributed by atoms with E-state index in [2.05, 4.69) is 4.72 Å². The number of rotatable bonds is 5. The number of carbonyl (C=O) groups is 1. The van der Waals surface area contributed by atoms with Crippen LogP contribution >= 0.6 is 0 Å². The van der Waals surface area contributed by atoms with Crippen LogP contribution in [0.1, 0.15) is 6.42 Å². The molecule has 0 aliphatic rings. The predicted molar refractivity (Wildman–Crippen MR) is 46.5 cm³/mol. The lowest BCUT2D eigenvalue weighted by molar-refractivity contribution is -0.173. The molecule has 0 heterocycles. The summed E-state index contributed by atoms with van der Waals surface area (Å²) in [5, 5.41) is 1.61. The maximum absolute atomic E-state index is 11.6. The third-order valence-corrected chi connectivity index (χ3v) is 1.99. The molecule has 0 aromatic heterocycles. The van der Waals surface area contributed by atoms with Gasteiger partial charge < -0.3 is 5.32 Å². The zero-order valence-corrected chi connectivity index (χ0v) is 8.70. The number of nitrogens with one attached hydrogen (secondary N) is 2. The van der Waals surface area contributed by atoms with Crippen molar-refractivity contribution in [2.45, 2.75) is 12.6 Å². The smallest absolute Gasteiger partial charge is 0.348 e. The quantitative estimate of drug-likeness (QED) is 0.650. The molecule has 1 amide bonds. The Labute approximate surface area is 85.1 Å². The van der Waals surface area contributed by atoms with E-state index >= 15 is 0 Å². The van der Waals surface area contributed by atoms with Gasteiger partial charge in [0, 0.05) is 13.1 Å². The Kier molecular flexibility index (Phi) is 5.01. The summed E-state index contributed by atoms with van der Waals surface area (Å²) in [7, 11) is -3.34. The molecule has 2 N–H and O–H groups in total. The van der Waals surface area contributed by atoms with E-state index in [-0.39, 0.29) is 19.5 Å². The van der Waals surface area contributed by atoms with Crippen LogP contribution in [0.3, 0.4) is 0 Å². The van der Waals surface area contributed by atoms with Crippen molar-refractivity contribution in [1.82, 2.24) is 10.0 Å². The summed E-state index contributed by atoms with van der Waals surface area (Å²) in [5.74, 6) is -2.03. The van der Waals surface area contributed by atoms with Gasteiger partial charge >= 0.3 is 12.1 Å². The predicted octanol–water partition coefficient (Wildman–Crippen LogP) is -0.396. The van der Waals surface area contributed by atoms with Gasteiger partial charge in [-0.3, -0.25) is 4.79 Å². The molecule has 0 atom stereocenters. The number of hydrogen-bond acceptors (Lipinski definition) is 3. The summed E-state index contributed by atoms with van der Waals surface area (Å²) in [6.45, 7) is -0.252. The molecular formula is C6H11F3N2O3S. The molecule has 0 aromatic carbocycles. The zero-order chi connectivity index (χ0) is 12.1. The van der Waals surface area contributed by atoms with Gasteiger partial charge in [0.25, 0.3) is 0 Å². The second kappa shape index (κ2) is 5.31. The standard InChI is InChI=1S/C6H11F3N2O3S/c1-15(13,14)11-4-2-3-10-5(12)6(7,8)9/h11H,2-4H2,1H3,(H,10,12). The Hall–Kier alpha value is -0.830. The van der Waals surface area contributed by atoms with Crippen LogP contribution in [0.15, 0.2) is 0 Å². The van der Waals surface area contributed by atoms with E-state index in [1.165, 1.54) is 0 Å². The number of hydrogen-bond donors (Lipinski definition) is 2. The van der Waals surface area contributed by atoms with Crippen molar-refractivity contribution in [2.24, 2.45) is 0 Å². The topological polar surface area (TPSA) is 75.3 Å². The molecule has 0 unspecified atom stereocenters. The van der Waals surface area contributed by atoms with Gasteiger partial charge in [0.1, 0.15) is 0 Å². The molecule has 0 aliphatic heterocycles. The molecule has 15 heavy (non-hydrogen) atoms. The summed E-state index contributed by atoms with van der Waals surface area (Å²) >= 11 is 0. The number of halogens is 3. The molecule has 0 fully saturated rings. The lowest BCUT2D eigenvalue weighted by Crippen LogP contribution is -2.38. The minimum atomic E-state index is -4.90. The summed E-state index contributed by atoms with van der Waals surface area (Å²) in [6, 6.07) is 0. The lowest BCUT2D eigenvalue weighted by Gasteiger charge is -2.07. The number of carbonyl (C=O) groups excluding carboxylic acids is 1. The maximum atomic E-state index is 11.6. The molecule has 0 aliphatic carbocycles. The molecule has 90 valence electrons. The molecule has 0 spiro atoms. The summed E-state index contributed by atoms with van der Waals surface area (Å²) < 4.78 is 58.0. The first-order valence-corrected chi connectivity index (χ1v) is 5.82. The highest BCUT2D eigenvalue weighted by Gasteiger charge is 2.38. The first-order chi connectivity index (χ1) is 6.63. The van der Waals surface area contributed by atoms with E-state index in [0.717, 1.165) is 6.26 Å². The zero-order valence-electron chi connectivity index (χ0n) is 7.89. The van der Waals surface area contributed by atoms with Crippen LogP contribution in [0, 0.1) is 0 Å². The van der Waals surface area contributed by atoms with Gasteiger partial charge in [-0.1, -0.05) is 0 Å². The molecule has 0 rings (SSSR count). The van der Waals surface area contributed by atoms with Crippen molar-refractivity contribution in [3.8, 4) is 0 Å². The minimum absolute atomic E-state index is 0.0169. The fourth-order valence-electron chi connectivity index (χ4n) is 0.648. The average Bonchev–Trinajstić information content (AvgIpc) is 1.99. The van der Waals surface area contributed by atoms with Gasteiger partial charge in [-0.15, -0.1) is 0 Å². The highest BCUT2D eigenvalue weighted by atomic mass is 32.2. The summed E-state index contributed by atoms with van der Waals surface area (Å²) in [6.07, 6.45) is -3.87. The van der Waals surface area contributed by atoms with Crippen LogP contribution in [-0.4, -0.2) is 39.8 Å². The van der Waals surface area contributed by atoms with Crippen LogP contribution < -0.4 is 10.0 Å². The fraction of sp³-hybridized carbons (Fsp3) is 0.833. The Bertz CT molecular complexity index is 312. The maximum Gasteiger partial charge on any atom is 0.471 e. The molecule has 0 saturated heterocycles. The second-order valence-corrected chi connectivity index (χ2v) is 4.61. The Morgan fingerprint density at radius 3 is 2.20 bits per heavy atom. The van der Waals surface area contributed by atoms with Crippen molar-refractivity contribution < 1.29 is 26.4 Å². The van der Waals surface area contributed by atoms with Crippen molar-refractivity contribution in [3.63, 3.8) is 0 Å². The van der Waals surface area contributed by atoms with E-state index in [1.807, 2.05) is 0 Å². The van der Waals surface area contributed by atoms with Gasteiger partial charge in [-0.25, -0.2) is 13.1 Å². The van der Waals surface area contributed by atoms with Crippen molar-refractivity contribution in [2.75, 3.05) is 19.3 Å². The van der Waals surface area contributed by atoms with E-state index < -0.39 is 22.1 Å². The van der Waals surface area contributed by atoms with Crippen LogP contribution in [0.4, 0.5) is 13.2 Å². The van der Waals surface area contributed by atoms with E-state index in [9.17, 15) is 26.4 Å². The van der Waals surface area contributed by atoms with Crippen LogP contribution in [-0.2, 0) is 14.8 Å². The van der Waals surface area contributed by atoms with E-state index in [1.54, 1.807) is 5.32 Å². The molecule has 0 bridgehead atoms. The average molecular weight is 248 g/mol. The van der Waals surface area contributed by atoms with Crippen molar-refractivity contribution in [1.29, 1.82) is 0 Å². The summed E-state index contributed by atoms with van der Waals surface area (Å²) in [5.41, 5.74) is 0. The highest BCUT2D eigenvalue weighted by molar-refractivity contribution is 7.88. The number of sulfonamides is 1. The second-order valence-electron chi connectivity index (χ2n) is 2.77. The van der Waals surface area contributed by atoms with Crippen LogP contribution in [0.2, 0.25) is 0 Å². The minimum Gasteiger partial charge on any atom is -0.348 e. The third-order valence-electron chi connectivity index (χ3n) is 1.26. The fourth-order valence-corrected chi connectivity index (χ4v) is 1.16. The van der Waals surface area contributed by atoms with E-state index in [0.29, 0.717) is 0 Å². The van der Waals surface area contributed by atoms with Gasteiger partial charge in [0.15, 0.2) is 0 Å². The normalized spacial score (nSPS) is 12.5. The van der Waals surface area contributed by atoms with Crippen LogP contribution in [0.25, 0.3) is 0 Å². The number of amides is 1. The number of alkyl halides is 3. The van der Waals surface area contributed by atoms with Crippen molar-refractivity contribution >= 4 is 15.9 Å². The molecule has 0 aromatic rings. The van der Waals surface area contributed by atoms with Gasteiger partial charge in [0.05, 0.1) is 6.26 Å². The van der Waals surface area contributed by atoms with Gasteiger partial charge in [-0.05, 0) is 6.42 Å². The first-order valence-electron chi connectivity index (χ1n) is 3.92. The Morgan fingerprint density at radius 1 is 1.27 bits per heavy atom. The largest absolute Gasteiger partial charge is 0.471 e. The molecular weight excluding hydrogens is 237 g/mol. The molecule has 0 radical (unpaired) electrons. The third kappa shape index (κ3) is 8.18. The highest BCUT2D eigenvalue weighted by Crippen LogP contribution is 2.13. The van der Waals surface area contributed by atoms with Crippen molar-refractivity contribution in [3.05, 3.63) is 0 Å². The van der Waals surface area contributed by atoms with Crippen LogP contribution in [0.5, 0.6) is 0 Å². The Morgan fingerprint density at radius 2 is 1.80 bits per heavy atom. The van der Waals surface area contributed by atoms with Gasteiger partial charge in [-0.2, -0.15) is 13.2 Å². The molecule has 0 saturated carbocycles. The SMILES string of the molecule is CS(=O)(=O)NCCCNC(=O)C(F)(F)F. The molecule has 9 heteroatoms.